The molecule has 10 heteroatoms. The number of thioether (sulfide) groups is 1. The van der Waals surface area contributed by atoms with E-state index < -0.39 is 4.92 Å². The molecule has 2 aromatic carbocycles. The van der Waals surface area contributed by atoms with Gasteiger partial charge in [-0.3, -0.25) is 14.9 Å². The summed E-state index contributed by atoms with van der Waals surface area (Å²) in [7, 11) is 0. The van der Waals surface area contributed by atoms with Gasteiger partial charge in [-0.15, -0.1) is 0 Å². The van der Waals surface area contributed by atoms with Crippen molar-refractivity contribution in [3.63, 3.8) is 0 Å². The maximum atomic E-state index is 12.3. The van der Waals surface area contributed by atoms with Crippen LogP contribution in [-0.2, 0) is 4.79 Å². The summed E-state index contributed by atoms with van der Waals surface area (Å²) in [5.41, 5.74) is 1.13. The Morgan fingerprint density at radius 2 is 2.03 bits per heavy atom. The quantitative estimate of drug-likeness (QED) is 0.261. The molecule has 1 N–H and O–H groups in total. The van der Waals surface area contributed by atoms with Crippen LogP contribution in [0.15, 0.2) is 73.4 Å². The Balaban J connectivity index is 1.56. The summed E-state index contributed by atoms with van der Waals surface area (Å²) in [5, 5.41) is 14.2. The van der Waals surface area contributed by atoms with Gasteiger partial charge in [-0.2, -0.15) is 0 Å². The third-order valence-electron chi connectivity index (χ3n) is 4.02. The van der Waals surface area contributed by atoms with Gasteiger partial charge in [0.25, 0.3) is 11.6 Å². The zero-order chi connectivity index (χ0) is 21.3. The lowest BCUT2D eigenvalue weighted by Gasteiger charge is -2.00. The minimum absolute atomic E-state index is 0.103. The highest BCUT2D eigenvalue weighted by Crippen LogP contribution is 2.34. The minimum atomic E-state index is -0.517. The highest BCUT2D eigenvalue weighted by atomic mass is 79.9. The molecule has 4 rings (SSSR count). The predicted octanol–water partition coefficient (Wildman–Crippen LogP) is 6.16. The van der Waals surface area contributed by atoms with Crippen molar-refractivity contribution < 1.29 is 14.1 Å². The number of hydrogen-bond donors (Lipinski definition) is 1. The molecule has 30 heavy (non-hydrogen) atoms. The highest BCUT2D eigenvalue weighted by Gasteiger charge is 2.24. The van der Waals surface area contributed by atoms with Crippen LogP contribution in [0.4, 0.5) is 11.4 Å². The normalized spacial score (nSPS) is 16.3. The molecule has 2 heterocycles. The first-order valence-electron chi connectivity index (χ1n) is 8.48. The number of nitro groups is 1. The highest BCUT2D eigenvalue weighted by molar-refractivity contribution is 9.10. The van der Waals surface area contributed by atoms with Crippen molar-refractivity contribution in [1.29, 1.82) is 0 Å². The van der Waals surface area contributed by atoms with Crippen molar-refractivity contribution >= 4 is 67.8 Å². The van der Waals surface area contributed by atoms with Crippen LogP contribution >= 0.6 is 39.3 Å². The van der Waals surface area contributed by atoms with Crippen LogP contribution in [0.3, 0.4) is 0 Å². The second-order valence-electron chi connectivity index (χ2n) is 6.08. The third kappa shape index (κ3) is 4.48. The van der Waals surface area contributed by atoms with E-state index in [0.29, 0.717) is 32.8 Å². The molecule has 1 fully saturated rings. The van der Waals surface area contributed by atoms with E-state index in [1.807, 2.05) is 24.3 Å². The van der Waals surface area contributed by atoms with Crippen LogP contribution in [0.25, 0.3) is 17.4 Å². The molecule has 1 aromatic heterocycles. The van der Waals surface area contributed by atoms with E-state index in [4.69, 9.17) is 16.0 Å². The lowest BCUT2D eigenvalue weighted by atomic mass is 10.1. The number of nitrogens with zero attached hydrogens (tertiary/aromatic N) is 2. The van der Waals surface area contributed by atoms with E-state index in [9.17, 15) is 14.9 Å². The molecule has 150 valence electrons. The number of aliphatic imine (C=N–C) groups is 1. The molecule has 3 aromatic rings. The Labute approximate surface area is 188 Å². The Morgan fingerprint density at radius 1 is 1.20 bits per heavy atom. The molecule has 1 aliphatic heterocycles. The summed E-state index contributed by atoms with van der Waals surface area (Å²) in [6, 6.07) is 14.9. The first-order chi connectivity index (χ1) is 14.4. The molecule has 0 saturated carbocycles. The number of halogens is 2. The van der Waals surface area contributed by atoms with E-state index in [1.165, 1.54) is 30.0 Å². The Bertz CT molecular complexity index is 1240. The molecule has 1 amide bonds. The van der Waals surface area contributed by atoms with E-state index >= 15 is 0 Å². The van der Waals surface area contributed by atoms with Crippen molar-refractivity contribution in [2.24, 2.45) is 4.99 Å². The summed E-state index contributed by atoms with van der Waals surface area (Å²) in [4.78, 5) is 27.4. The number of benzene rings is 2. The van der Waals surface area contributed by atoms with E-state index in [1.54, 1.807) is 18.2 Å². The summed E-state index contributed by atoms with van der Waals surface area (Å²) < 4.78 is 6.65. The zero-order valence-corrected chi connectivity index (χ0v) is 18.1. The zero-order valence-electron chi connectivity index (χ0n) is 15.0. The average molecular weight is 505 g/mol. The van der Waals surface area contributed by atoms with Gasteiger partial charge in [-0.1, -0.05) is 33.6 Å². The molecule has 7 nitrogen and oxygen atoms in total. The first-order valence-corrected chi connectivity index (χ1v) is 10.5. The number of carbonyl (C=O) groups excluding carboxylic acids is 1. The standard InChI is InChI=1S/C20H11BrClN3O4S/c21-11-2-1-3-12(8-11)23-20-24-19(26)18(30-20)10-14-5-7-17(29-14)15-6-4-13(25(27)28)9-16(15)22/h1-10H,(H,23,24,26)/b18-10-. The van der Waals surface area contributed by atoms with Gasteiger partial charge in [-0.25, -0.2) is 4.99 Å². The average Bonchev–Trinajstić information content (AvgIpc) is 3.28. The Hall–Kier alpha value is -2.88. The monoisotopic (exact) mass is 503 g/mol. The van der Waals surface area contributed by atoms with Crippen molar-refractivity contribution in [2.45, 2.75) is 0 Å². The van der Waals surface area contributed by atoms with Crippen LogP contribution in [0.2, 0.25) is 5.02 Å². The van der Waals surface area contributed by atoms with Gasteiger partial charge in [-0.05, 0) is 48.2 Å². The van der Waals surface area contributed by atoms with Crippen molar-refractivity contribution in [2.75, 3.05) is 0 Å². The van der Waals surface area contributed by atoms with Crippen LogP contribution in [0, 0.1) is 10.1 Å². The van der Waals surface area contributed by atoms with Gasteiger partial charge in [0.15, 0.2) is 5.17 Å². The Kier molecular flexibility index (Phi) is 5.76. The number of amides is 1. The van der Waals surface area contributed by atoms with Crippen molar-refractivity contribution in [3.05, 3.63) is 84.9 Å². The third-order valence-corrected chi connectivity index (χ3v) is 5.73. The lowest BCUT2D eigenvalue weighted by Crippen LogP contribution is -2.19. The van der Waals surface area contributed by atoms with Crippen molar-refractivity contribution in [1.82, 2.24) is 5.32 Å². The summed E-state index contributed by atoms with van der Waals surface area (Å²) in [6.45, 7) is 0. The molecular weight excluding hydrogens is 494 g/mol. The van der Waals surface area contributed by atoms with Gasteiger partial charge >= 0.3 is 0 Å². The molecule has 0 aliphatic carbocycles. The van der Waals surface area contributed by atoms with Crippen LogP contribution < -0.4 is 5.32 Å². The number of carbonyl (C=O) groups is 1. The number of non-ortho nitro benzene ring substituents is 1. The number of amidine groups is 1. The molecule has 1 aliphatic rings. The summed E-state index contributed by atoms with van der Waals surface area (Å²) >= 11 is 10.7. The maximum absolute atomic E-state index is 12.3. The molecule has 0 bridgehead atoms. The number of nitro benzene ring substituents is 1. The number of nitrogens with one attached hydrogen (secondary N) is 1. The first kappa shape index (κ1) is 20.4. The van der Waals surface area contributed by atoms with Gasteiger partial charge in [0.05, 0.1) is 20.5 Å². The summed E-state index contributed by atoms with van der Waals surface area (Å²) in [5.74, 6) is 0.606. The fraction of sp³-hybridized carbons (Fsp3) is 0. The van der Waals surface area contributed by atoms with E-state index in [2.05, 4.69) is 26.2 Å². The topological polar surface area (TPSA) is 97.7 Å². The molecule has 0 radical (unpaired) electrons. The van der Waals surface area contributed by atoms with Gasteiger partial charge in [0, 0.05) is 28.2 Å². The van der Waals surface area contributed by atoms with Gasteiger partial charge in [0.2, 0.25) is 0 Å². The molecule has 0 spiro atoms. The van der Waals surface area contributed by atoms with Gasteiger partial charge in [0.1, 0.15) is 11.5 Å². The second kappa shape index (κ2) is 8.47. The number of hydrogen-bond acceptors (Lipinski definition) is 6. The minimum Gasteiger partial charge on any atom is -0.457 e. The maximum Gasteiger partial charge on any atom is 0.270 e. The van der Waals surface area contributed by atoms with Crippen LogP contribution in [0.1, 0.15) is 5.76 Å². The smallest absolute Gasteiger partial charge is 0.270 e. The van der Waals surface area contributed by atoms with Gasteiger partial charge < -0.3 is 9.73 Å². The largest absolute Gasteiger partial charge is 0.457 e. The predicted molar refractivity (Wildman–Crippen MR) is 121 cm³/mol. The number of furan rings is 1. The molecule has 0 unspecified atom stereocenters. The van der Waals surface area contributed by atoms with Crippen LogP contribution in [0.5, 0.6) is 0 Å². The molecule has 1 saturated heterocycles. The molecule has 0 atom stereocenters. The fourth-order valence-corrected chi connectivity index (χ4v) is 4.14. The fourth-order valence-electron chi connectivity index (χ4n) is 2.67. The van der Waals surface area contributed by atoms with E-state index in [-0.39, 0.29) is 16.6 Å². The summed E-state index contributed by atoms with van der Waals surface area (Å²) in [6.07, 6.45) is 1.60. The molecular formula is C20H11BrClN3O4S. The van der Waals surface area contributed by atoms with Crippen LogP contribution in [-0.4, -0.2) is 16.0 Å². The SMILES string of the molecule is O=C1NC(=Nc2cccc(Br)c2)S/C1=C\c1ccc(-c2ccc([N+](=O)[O-])cc2Cl)o1. The number of rotatable bonds is 4. The second-order valence-corrected chi connectivity index (χ2v) is 8.44. The Morgan fingerprint density at radius 3 is 2.77 bits per heavy atom. The van der Waals surface area contributed by atoms with Crippen molar-refractivity contribution in [3.8, 4) is 11.3 Å². The lowest BCUT2D eigenvalue weighted by molar-refractivity contribution is -0.384. The van der Waals surface area contributed by atoms with E-state index in [0.717, 1.165) is 4.47 Å².